The number of carbonyl (C=O) groups is 2. The standard InChI is InChI=1S/C12H12N2O4/c1-7(15)6-9-13-11(12(16)17)8-4-3-5-10(18-2)14(8)9/h3-5H,6H2,1-2H3,(H,16,17). The van der Waals surface area contributed by atoms with Crippen molar-refractivity contribution in [1.82, 2.24) is 9.38 Å². The second-order valence-electron chi connectivity index (χ2n) is 3.85. The summed E-state index contributed by atoms with van der Waals surface area (Å²) in [5.74, 6) is -0.406. The molecule has 0 radical (unpaired) electrons. The van der Waals surface area contributed by atoms with Crippen LogP contribution in [0.2, 0.25) is 0 Å². The van der Waals surface area contributed by atoms with Crippen LogP contribution >= 0.6 is 0 Å². The number of carboxylic acid groups (broad SMARTS) is 1. The molecule has 0 aromatic carbocycles. The molecule has 2 heterocycles. The van der Waals surface area contributed by atoms with Gasteiger partial charge in [0, 0.05) is 0 Å². The van der Waals surface area contributed by atoms with E-state index in [2.05, 4.69) is 4.98 Å². The number of aromatic nitrogens is 2. The molecule has 0 saturated heterocycles. The Morgan fingerprint density at radius 2 is 2.17 bits per heavy atom. The molecule has 0 spiro atoms. The highest BCUT2D eigenvalue weighted by Crippen LogP contribution is 2.21. The highest BCUT2D eigenvalue weighted by molar-refractivity contribution is 5.94. The number of nitrogens with zero attached hydrogens (tertiary/aromatic N) is 2. The molecule has 0 bridgehead atoms. The first-order valence-corrected chi connectivity index (χ1v) is 5.31. The monoisotopic (exact) mass is 248 g/mol. The highest BCUT2D eigenvalue weighted by Gasteiger charge is 2.19. The Morgan fingerprint density at radius 1 is 1.44 bits per heavy atom. The van der Waals surface area contributed by atoms with Gasteiger partial charge in [-0.3, -0.25) is 9.20 Å². The zero-order valence-electron chi connectivity index (χ0n) is 10.0. The molecular weight excluding hydrogens is 236 g/mol. The first-order valence-electron chi connectivity index (χ1n) is 5.31. The van der Waals surface area contributed by atoms with Gasteiger partial charge in [-0.15, -0.1) is 0 Å². The summed E-state index contributed by atoms with van der Waals surface area (Å²) in [5, 5.41) is 9.09. The molecule has 2 aromatic heterocycles. The largest absolute Gasteiger partial charge is 0.482 e. The predicted octanol–water partition coefficient (Wildman–Crippen LogP) is 1.17. The third kappa shape index (κ3) is 1.92. The second-order valence-corrected chi connectivity index (χ2v) is 3.85. The number of hydrogen-bond donors (Lipinski definition) is 1. The molecule has 2 rings (SSSR count). The average molecular weight is 248 g/mol. The van der Waals surface area contributed by atoms with Gasteiger partial charge in [-0.25, -0.2) is 9.78 Å². The van der Waals surface area contributed by atoms with E-state index in [-0.39, 0.29) is 17.9 Å². The smallest absolute Gasteiger partial charge is 0.356 e. The first kappa shape index (κ1) is 12.1. The molecule has 0 unspecified atom stereocenters. The average Bonchev–Trinajstić information content (AvgIpc) is 2.67. The normalized spacial score (nSPS) is 10.6. The number of aromatic carboxylic acids is 1. The third-order valence-electron chi connectivity index (χ3n) is 2.51. The maximum Gasteiger partial charge on any atom is 0.356 e. The molecule has 6 heteroatoms. The fraction of sp³-hybridized carbons (Fsp3) is 0.250. The summed E-state index contributed by atoms with van der Waals surface area (Å²) in [6.45, 7) is 1.43. The van der Waals surface area contributed by atoms with E-state index in [0.717, 1.165) is 0 Å². The van der Waals surface area contributed by atoms with E-state index < -0.39 is 5.97 Å². The topological polar surface area (TPSA) is 80.9 Å². The van der Waals surface area contributed by atoms with Gasteiger partial charge < -0.3 is 9.84 Å². The zero-order valence-corrected chi connectivity index (χ0v) is 10.0. The van der Waals surface area contributed by atoms with Crippen LogP contribution in [0.4, 0.5) is 0 Å². The minimum Gasteiger partial charge on any atom is -0.482 e. The molecule has 0 fully saturated rings. The van der Waals surface area contributed by atoms with E-state index in [4.69, 9.17) is 9.84 Å². The maximum absolute atomic E-state index is 11.2. The lowest BCUT2D eigenvalue weighted by Crippen LogP contribution is -2.04. The summed E-state index contributed by atoms with van der Waals surface area (Å²) in [6.07, 6.45) is 0.0643. The van der Waals surface area contributed by atoms with Crippen molar-refractivity contribution in [2.75, 3.05) is 7.11 Å². The van der Waals surface area contributed by atoms with Gasteiger partial charge in [0.25, 0.3) is 0 Å². The Balaban J connectivity index is 2.76. The molecular formula is C12H12N2O4. The van der Waals surface area contributed by atoms with Crippen molar-refractivity contribution in [2.45, 2.75) is 13.3 Å². The van der Waals surface area contributed by atoms with E-state index in [1.54, 1.807) is 22.6 Å². The fourth-order valence-corrected chi connectivity index (χ4v) is 1.83. The quantitative estimate of drug-likeness (QED) is 0.878. The van der Waals surface area contributed by atoms with Gasteiger partial charge in [-0.05, 0) is 19.1 Å². The van der Waals surface area contributed by atoms with Gasteiger partial charge in [-0.1, -0.05) is 6.07 Å². The fourth-order valence-electron chi connectivity index (χ4n) is 1.83. The van der Waals surface area contributed by atoms with Crippen molar-refractivity contribution in [3.05, 3.63) is 29.7 Å². The minimum atomic E-state index is -1.13. The SMILES string of the molecule is COc1cccc2c(C(=O)O)nc(CC(C)=O)n12. The van der Waals surface area contributed by atoms with Crippen LogP contribution in [0.1, 0.15) is 23.2 Å². The Bertz CT molecular complexity index is 630. The summed E-state index contributed by atoms with van der Waals surface area (Å²) >= 11 is 0. The Labute approximate surface area is 103 Å². The number of fused-ring (bicyclic) bond motifs is 1. The molecule has 0 aliphatic carbocycles. The van der Waals surface area contributed by atoms with E-state index in [9.17, 15) is 9.59 Å². The van der Waals surface area contributed by atoms with Gasteiger partial charge in [0.15, 0.2) is 11.6 Å². The van der Waals surface area contributed by atoms with E-state index >= 15 is 0 Å². The van der Waals surface area contributed by atoms with Crippen LogP contribution in [-0.4, -0.2) is 33.4 Å². The second kappa shape index (κ2) is 4.48. The lowest BCUT2D eigenvalue weighted by Gasteiger charge is -2.05. The number of methoxy groups -OCH3 is 1. The number of hydrogen-bond acceptors (Lipinski definition) is 4. The number of carboxylic acids is 1. The Kier molecular flexibility index (Phi) is 3.01. The molecule has 0 amide bonds. The number of carbonyl (C=O) groups excluding carboxylic acids is 1. The van der Waals surface area contributed by atoms with E-state index in [1.165, 1.54) is 14.0 Å². The van der Waals surface area contributed by atoms with Gasteiger partial charge >= 0.3 is 5.97 Å². The molecule has 2 aromatic rings. The summed E-state index contributed by atoms with van der Waals surface area (Å²) in [4.78, 5) is 26.3. The highest BCUT2D eigenvalue weighted by atomic mass is 16.5. The molecule has 0 saturated carbocycles. The maximum atomic E-state index is 11.2. The molecule has 0 aliphatic rings. The van der Waals surface area contributed by atoms with Gasteiger partial charge in [0.05, 0.1) is 19.0 Å². The van der Waals surface area contributed by atoms with Crippen molar-refractivity contribution in [1.29, 1.82) is 0 Å². The summed E-state index contributed by atoms with van der Waals surface area (Å²) in [6, 6.07) is 4.99. The third-order valence-corrected chi connectivity index (χ3v) is 2.51. The lowest BCUT2D eigenvalue weighted by molar-refractivity contribution is -0.116. The first-order chi connectivity index (χ1) is 8.54. The number of ether oxygens (including phenoxy) is 1. The molecule has 6 nitrogen and oxygen atoms in total. The Hall–Kier alpha value is -2.37. The molecule has 18 heavy (non-hydrogen) atoms. The summed E-state index contributed by atoms with van der Waals surface area (Å²) in [5.41, 5.74) is 0.336. The predicted molar refractivity (Wildman–Crippen MR) is 63.1 cm³/mol. The summed E-state index contributed by atoms with van der Waals surface area (Å²) < 4.78 is 6.71. The number of Topliss-reactive ketones (excluding diaryl/α,β-unsaturated/α-hetero) is 1. The molecule has 1 N–H and O–H groups in total. The van der Waals surface area contributed by atoms with Gasteiger partial charge in [0.2, 0.25) is 0 Å². The molecule has 0 atom stereocenters. The number of imidazole rings is 1. The van der Waals surface area contributed by atoms with Crippen LogP contribution in [-0.2, 0) is 11.2 Å². The van der Waals surface area contributed by atoms with Crippen molar-refractivity contribution >= 4 is 17.3 Å². The lowest BCUT2D eigenvalue weighted by atomic mass is 10.3. The Morgan fingerprint density at radius 3 is 2.72 bits per heavy atom. The van der Waals surface area contributed by atoms with Crippen LogP contribution in [0, 0.1) is 0 Å². The van der Waals surface area contributed by atoms with Gasteiger partial charge in [-0.2, -0.15) is 0 Å². The van der Waals surface area contributed by atoms with Crippen LogP contribution in [0.25, 0.3) is 5.52 Å². The number of pyridine rings is 1. The van der Waals surface area contributed by atoms with Crippen LogP contribution in [0.15, 0.2) is 18.2 Å². The number of rotatable bonds is 4. The molecule has 94 valence electrons. The molecule has 0 aliphatic heterocycles. The van der Waals surface area contributed by atoms with Crippen LogP contribution < -0.4 is 4.74 Å². The van der Waals surface area contributed by atoms with Gasteiger partial charge in [0.1, 0.15) is 11.6 Å². The van der Waals surface area contributed by atoms with Crippen molar-refractivity contribution in [3.8, 4) is 5.88 Å². The zero-order chi connectivity index (χ0) is 13.3. The van der Waals surface area contributed by atoms with E-state index in [0.29, 0.717) is 17.2 Å². The van der Waals surface area contributed by atoms with Crippen molar-refractivity contribution in [2.24, 2.45) is 0 Å². The van der Waals surface area contributed by atoms with Crippen molar-refractivity contribution < 1.29 is 19.4 Å². The number of ketones is 1. The van der Waals surface area contributed by atoms with Crippen molar-refractivity contribution in [3.63, 3.8) is 0 Å². The summed E-state index contributed by atoms with van der Waals surface area (Å²) in [7, 11) is 1.48. The van der Waals surface area contributed by atoms with Crippen LogP contribution in [0.5, 0.6) is 5.88 Å². The minimum absolute atomic E-state index is 0.0643. The van der Waals surface area contributed by atoms with E-state index in [1.807, 2.05) is 0 Å². The van der Waals surface area contributed by atoms with Crippen LogP contribution in [0.3, 0.4) is 0 Å².